The molecule has 0 aliphatic heterocycles. The summed E-state index contributed by atoms with van der Waals surface area (Å²) < 4.78 is 5.00. The van der Waals surface area contributed by atoms with E-state index < -0.39 is 0 Å². The second-order valence-electron chi connectivity index (χ2n) is 4.29. The van der Waals surface area contributed by atoms with E-state index in [2.05, 4.69) is 41.4 Å². The van der Waals surface area contributed by atoms with E-state index in [1.807, 2.05) is 0 Å². The molecule has 2 rings (SSSR count). The lowest BCUT2D eigenvalue weighted by molar-refractivity contribution is 0.641. The number of benzene rings is 1. The maximum absolute atomic E-state index is 6.06. The molecule has 1 aromatic heterocycles. The minimum atomic E-state index is 0.223. The van der Waals surface area contributed by atoms with Gasteiger partial charge in [0.05, 0.1) is 0 Å². The van der Waals surface area contributed by atoms with Gasteiger partial charge in [0.25, 0.3) is 0 Å². The number of nitrogens with two attached hydrogens (primary N) is 1. The molecule has 1 unspecified atom stereocenters. The van der Waals surface area contributed by atoms with Gasteiger partial charge in [-0.3, -0.25) is 0 Å². The molecule has 0 aliphatic rings. The van der Waals surface area contributed by atoms with E-state index in [1.165, 1.54) is 27.6 Å². The third-order valence-corrected chi connectivity index (χ3v) is 4.59. The van der Waals surface area contributed by atoms with Crippen molar-refractivity contribution in [1.29, 1.82) is 0 Å². The molecule has 0 aliphatic carbocycles. The molecule has 0 radical (unpaired) electrons. The summed E-state index contributed by atoms with van der Waals surface area (Å²) in [4.78, 5) is 5.45. The van der Waals surface area contributed by atoms with Gasteiger partial charge in [-0.15, -0.1) is 0 Å². The summed E-state index contributed by atoms with van der Waals surface area (Å²) in [7, 11) is 0. The highest BCUT2D eigenvalue weighted by Crippen LogP contribution is 2.32. The summed E-state index contributed by atoms with van der Waals surface area (Å²) in [5, 5.41) is 0. The smallest absolute Gasteiger partial charge is 0.174 e. The van der Waals surface area contributed by atoms with Gasteiger partial charge in [-0.1, -0.05) is 36.4 Å². The van der Waals surface area contributed by atoms with Gasteiger partial charge in [-0.25, -0.2) is 4.98 Å². The average molecular weight is 279 g/mol. The Morgan fingerprint density at radius 3 is 2.94 bits per heavy atom. The van der Waals surface area contributed by atoms with E-state index in [0.717, 1.165) is 17.2 Å². The molecule has 2 aromatic rings. The Bertz CT molecular complexity index is 497. The third kappa shape index (κ3) is 3.54. The Kier molecular flexibility index (Phi) is 4.74. The molecule has 0 fully saturated rings. The van der Waals surface area contributed by atoms with Gasteiger partial charge < -0.3 is 5.73 Å². The molecule has 1 atom stereocenters. The first-order valence-corrected chi connectivity index (χ1v) is 7.57. The SMILES string of the molecule is CCC(N)Cc1cc(C)ccc1Sc1ncns1. The molecular formula is C13H17N3S2. The zero-order chi connectivity index (χ0) is 13.0. The average Bonchev–Trinajstić information content (AvgIpc) is 2.85. The Morgan fingerprint density at radius 1 is 1.44 bits per heavy atom. The van der Waals surface area contributed by atoms with Gasteiger partial charge in [0, 0.05) is 10.9 Å². The van der Waals surface area contributed by atoms with E-state index in [0.29, 0.717) is 0 Å². The Morgan fingerprint density at radius 2 is 2.28 bits per heavy atom. The Hall–Kier alpha value is -0.910. The lowest BCUT2D eigenvalue weighted by Crippen LogP contribution is -2.21. The highest BCUT2D eigenvalue weighted by molar-refractivity contribution is 8.01. The summed E-state index contributed by atoms with van der Waals surface area (Å²) in [5.74, 6) is 0. The summed E-state index contributed by atoms with van der Waals surface area (Å²) in [6, 6.07) is 6.73. The van der Waals surface area contributed by atoms with Crippen molar-refractivity contribution in [2.75, 3.05) is 0 Å². The molecule has 1 aromatic carbocycles. The molecule has 2 N–H and O–H groups in total. The van der Waals surface area contributed by atoms with Gasteiger partial charge >= 0.3 is 0 Å². The van der Waals surface area contributed by atoms with Gasteiger partial charge in [-0.2, -0.15) is 4.37 Å². The number of aryl methyl sites for hydroxylation is 1. The number of nitrogens with zero attached hydrogens (tertiary/aromatic N) is 2. The van der Waals surface area contributed by atoms with Crippen LogP contribution in [0.25, 0.3) is 0 Å². The van der Waals surface area contributed by atoms with Crippen LogP contribution >= 0.6 is 23.3 Å². The predicted octanol–water partition coefficient (Wildman–Crippen LogP) is 3.28. The monoisotopic (exact) mass is 279 g/mol. The van der Waals surface area contributed by atoms with Gasteiger partial charge in [-0.05, 0) is 42.9 Å². The van der Waals surface area contributed by atoms with E-state index in [9.17, 15) is 0 Å². The summed E-state index contributed by atoms with van der Waals surface area (Å²) >= 11 is 3.10. The lowest BCUT2D eigenvalue weighted by atomic mass is 10.0. The van der Waals surface area contributed by atoms with Crippen LogP contribution in [0.4, 0.5) is 0 Å². The van der Waals surface area contributed by atoms with Crippen LogP contribution in [0.5, 0.6) is 0 Å². The molecule has 5 heteroatoms. The number of aromatic nitrogens is 2. The van der Waals surface area contributed by atoms with Crippen LogP contribution in [-0.4, -0.2) is 15.4 Å². The standard InChI is InChI=1S/C13H17N3S2/c1-3-11(14)7-10-6-9(2)4-5-12(10)17-13-15-8-16-18-13/h4-6,8,11H,3,7,14H2,1-2H3. The van der Waals surface area contributed by atoms with E-state index in [-0.39, 0.29) is 6.04 Å². The van der Waals surface area contributed by atoms with Crippen LogP contribution in [-0.2, 0) is 6.42 Å². The van der Waals surface area contributed by atoms with Gasteiger partial charge in [0.15, 0.2) is 4.34 Å². The fourth-order valence-electron chi connectivity index (χ4n) is 1.70. The molecule has 0 amide bonds. The quantitative estimate of drug-likeness (QED) is 0.912. The zero-order valence-electron chi connectivity index (χ0n) is 10.6. The molecule has 0 bridgehead atoms. The Balaban J connectivity index is 2.22. The second kappa shape index (κ2) is 6.31. The summed E-state index contributed by atoms with van der Waals surface area (Å²) in [5.41, 5.74) is 8.65. The van der Waals surface area contributed by atoms with Crippen LogP contribution in [0, 0.1) is 6.92 Å². The van der Waals surface area contributed by atoms with E-state index in [1.54, 1.807) is 18.1 Å². The minimum Gasteiger partial charge on any atom is -0.327 e. The van der Waals surface area contributed by atoms with E-state index >= 15 is 0 Å². The van der Waals surface area contributed by atoms with Crippen LogP contribution in [0.2, 0.25) is 0 Å². The zero-order valence-corrected chi connectivity index (χ0v) is 12.2. The van der Waals surface area contributed by atoms with Gasteiger partial charge in [0.1, 0.15) is 6.33 Å². The van der Waals surface area contributed by atoms with Crippen molar-refractivity contribution < 1.29 is 0 Å². The number of rotatable bonds is 5. The van der Waals surface area contributed by atoms with Crippen molar-refractivity contribution in [1.82, 2.24) is 9.36 Å². The maximum atomic E-state index is 6.06. The highest BCUT2D eigenvalue weighted by atomic mass is 32.2. The molecule has 0 spiro atoms. The van der Waals surface area contributed by atoms with Crippen LogP contribution in [0.15, 0.2) is 33.8 Å². The second-order valence-corrected chi connectivity index (χ2v) is 6.36. The predicted molar refractivity (Wildman–Crippen MR) is 77.2 cm³/mol. The van der Waals surface area contributed by atoms with Crippen molar-refractivity contribution in [3.8, 4) is 0 Å². The van der Waals surface area contributed by atoms with Crippen molar-refractivity contribution in [2.24, 2.45) is 5.73 Å². The first-order chi connectivity index (χ1) is 8.69. The van der Waals surface area contributed by atoms with Crippen LogP contribution < -0.4 is 5.73 Å². The van der Waals surface area contributed by atoms with Crippen molar-refractivity contribution in [3.63, 3.8) is 0 Å². The molecule has 96 valence electrons. The highest BCUT2D eigenvalue weighted by Gasteiger charge is 2.10. The number of hydrogen-bond donors (Lipinski definition) is 1. The van der Waals surface area contributed by atoms with Crippen molar-refractivity contribution in [3.05, 3.63) is 35.7 Å². The maximum Gasteiger partial charge on any atom is 0.174 e. The summed E-state index contributed by atoms with van der Waals surface area (Å²) in [6.45, 7) is 4.23. The normalized spacial score (nSPS) is 12.6. The number of hydrogen-bond acceptors (Lipinski definition) is 5. The van der Waals surface area contributed by atoms with Crippen LogP contribution in [0.1, 0.15) is 24.5 Å². The van der Waals surface area contributed by atoms with Crippen molar-refractivity contribution >= 4 is 23.3 Å². The molecule has 0 saturated heterocycles. The topological polar surface area (TPSA) is 51.8 Å². The third-order valence-electron chi connectivity index (χ3n) is 2.76. The molecule has 18 heavy (non-hydrogen) atoms. The van der Waals surface area contributed by atoms with Gasteiger partial charge in [0.2, 0.25) is 0 Å². The molecular weight excluding hydrogens is 262 g/mol. The molecule has 1 heterocycles. The Labute approximate surface area is 116 Å². The first kappa shape index (κ1) is 13.5. The molecule has 3 nitrogen and oxygen atoms in total. The first-order valence-electron chi connectivity index (χ1n) is 5.98. The summed E-state index contributed by atoms with van der Waals surface area (Å²) in [6.07, 6.45) is 3.51. The van der Waals surface area contributed by atoms with Crippen LogP contribution in [0.3, 0.4) is 0 Å². The largest absolute Gasteiger partial charge is 0.327 e. The fraction of sp³-hybridized carbons (Fsp3) is 0.385. The fourth-order valence-corrected chi connectivity index (χ4v) is 3.22. The lowest BCUT2D eigenvalue weighted by Gasteiger charge is -2.13. The minimum absolute atomic E-state index is 0.223. The van der Waals surface area contributed by atoms with Crippen molar-refractivity contribution in [2.45, 2.75) is 42.0 Å². The molecule has 0 saturated carbocycles. The van der Waals surface area contributed by atoms with E-state index in [4.69, 9.17) is 5.73 Å².